The molecule has 166 valence electrons. The Hall–Kier alpha value is -3.06. The average Bonchev–Trinajstić information content (AvgIpc) is 3.26. The van der Waals surface area contributed by atoms with Gasteiger partial charge in [0.2, 0.25) is 5.91 Å². The highest BCUT2D eigenvalue weighted by molar-refractivity contribution is 5.76. The van der Waals surface area contributed by atoms with Crippen molar-refractivity contribution in [2.75, 3.05) is 19.7 Å². The zero-order chi connectivity index (χ0) is 21.9. The number of amides is 1. The number of aryl methyl sites for hydroxylation is 2. The monoisotopic (exact) mass is 434 g/mol. The predicted molar refractivity (Wildman–Crippen MR) is 118 cm³/mol. The molecule has 0 saturated carbocycles. The Morgan fingerprint density at radius 2 is 2.06 bits per heavy atom. The fraction of sp³-hybridized carbons (Fsp3) is 0.400. The number of fused-ring (bicyclic) bond motifs is 1. The van der Waals surface area contributed by atoms with Gasteiger partial charge in [-0.2, -0.15) is 5.10 Å². The molecular weight excluding hydrogens is 407 g/mol. The van der Waals surface area contributed by atoms with Gasteiger partial charge in [0, 0.05) is 30.6 Å². The largest absolute Gasteiger partial charge is 0.368 e. The zero-order valence-corrected chi connectivity index (χ0v) is 18.0. The van der Waals surface area contributed by atoms with Gasteiger partial charge < -0.3 is 9.64 Å². The summed E-state index contributed by atoms with van der Waals surface area (Å²) >= 11 is 0. The number of H-pyrrole nitrogens is 1. The molecule has 1 aromatic carbocycles. The Morgan fingerprint density at radius 1 is 1.19 bits per heavy atom. The molecule has 3 aromatic rings. The van der Waals surface area contributed by atoms with Gasteiger partial charge in [-0.25, -0.2) is 9.37 Å². The van der Waals surface area contributed by atoms with Crippen molar-refractivity contribution in [1.82, 2.24) is 20.1 Å². The van der Waals surface area contributed by atoms with Crippen LogP contribution in [0.1, 0.15) is 48.0 Å². The fourth-order valence-corrected chi connectivity index (χ4v) is 4.63. The predicted octanol–water partition coefficient (Wildman–Crippen LogP) is 4.02. The number of hydrogen-bond acceptors (Lipinski definition) is 4. The Balaban J connectivity index is 1.24. The molecule has 1 amide bonds. The summed E-state index contributed by atoms with van der Waals surface area (Å²) in [5, 5.41) is 7.62. The topological polar surface area (TPSA) is 71.1 Å². The minimum absolute atomic E-state index is 0.118. The van der Waals surface area contributed by atoms with Crippen LogP contribution in [0.4, 0.5) is 4.39 Å². The number of benzene rings is 1. The van der Waals surface area contributed by atoms with Crippen molar-refractivity contribution < 1.29 is 13.9 Å². The van der Waals surface area contributed by atoms with Crippen molar-refractivity contribution in [3.05, 3.63) is 70.9 Å². The van der Waals surface area contributed by atoms with Crippen LogP contribution in [0.3, 0.4) is 0 Å². The summed E-state index contributed by atoms with van der Waals surface area (Å²) in [4.78, 5) is 19.5. The van der Waals surface area contributed by atoms with Crippen LogP contribution in [0.5, 0.6) is 0 Å². The number of ether oxygens (including phenoxy) is 1. The van der Waals surface area contributed by atoms with Crippen molar-refractivity contribution in [2.45, 2.75) is 44.6 Å². The maximum Gasteiger partial charge on any atom is 0.223 e. The molecule has 2 aromatic heterocycles. The van der Waals surface area contributed by atoms with E-state index >= 15 is 0 Å². The molecule has 7 heteroatoms. The van der Waals surface area contributed by atoms with E-state index in [1.54, 1.807) is 6.07 Å². The van der Waals surface area contributed by atoms with Crippen molar-refractivity contribution in [3.8, 4) is 11.3 Å². The van der Waals surface area contributed by atoms with Crippen LogP contribution in [-0.2, 0) is 28.8 Å². The number of morpholine rings is 1. The van der Waals surface area contributed by atoms with Gasteiger partial charge in [-0.3, -0.25) is 9.89 Å². The number of carbonyl (C=O) groups excluding carboxylic acids is 1. The standard InChI is InChI=1S/C25H27FN4O2/c26-18-6-3-5-17(15-18)20-9-4-10-23(27-20)24-16-30(13-14-32-24)25(31)12-11-22-19-7-1-2-8-21(19)28-29-22/h3-6,9-10,15,24H,1-2,7-8,11-14,16H2,(H,28,29)/t24-/m1/s1. The van der Waals surface area contributed by atoms with Crippen molar-refractivity contribution in [2.24, 2.45) is 0 Å². The zero-order valence-electron chi connectivity index (χ0n) is 18.0. The van der Waals surface area contributed by atoms with E-state index in [2.05, 4.69) is 10.2 Å². The van der Waals surface area contributed by atoms with E-state index in [4.69, 9.17) is 9.72 Å². The van der Waals surface area contributed by atoms with Gasteiger partial charge in [0.1, 0.15) is 11.9 Å². The molecule has 0 radical (unpaired) electrons. The molecular formula is C25H27FN4O2. The molecule has 1 saturated heterocycles. The van der Waals surface area contributed by atoms with Crippen LogP contribution >= 0.6 is 0 Å². The van der Waals surface area contributed by atoms with Gasteiger partial charge in [-0.05, 0) is 55.5 Å². The number of hydrogen-bond donors (Lipinski definition) is 1. The van der Waals surface area contributed by atoms with Gasteiger partial charge in [0.05, 0.1) is 30.2 Å². The first kappa shape index (κ1) is 20.8. The molecule has 5 rings (SSSR count). The highest BCUT2D eigenvalue weighted by Gasteiger charge is 2.27. The molecule has 1 aliphatic heterocycles. The summed E-state index contributed by atoms with van der Waals surface area (Å²) in [6.07, 6.45) is 5.34. The molecule has 1 fully saturated rings. The third-order valence-electron chi connectivity index (χ3n) is 6.36. The first-order valence-corrected chi connectivity index (χ1v) is 11.3. The molecule has 1 atom stereocenters. The first-order chi connectivity index (χ1) is 15.7. The van der Waals surface area contributed by atoms with Gasteiger partial charge in [0.25, 0.3) is 0 Å². The van der Waals surface area contributed by atoms with E-state index in [1.165, 1.54) is 36.2 Å². The highest BCUT2D eigenvalue weighted by Crippen LogP contribution is 2.26. The number of halogens is 1. The van der Waals surface area contributed by atoms with Crippen molar-refractivity contribution in [3.63, 3.8) is 0 Å². The average molecular weight is 435 g/mol. The minimum Gasteiger partial charge on any atom is -0.368 e. The molecule has 0 unspecified atom stereocenters. The molecule has 2 aliphatic rings. The van der Waals surface area contributed by atoms with E-state index in [0.29, 0.717) is 38.2 Å². The summed E-state index contributed by atoms with van der Waals surface area (Å²) in [5.41, 5.74) is 5.78. The first-order valence-electron chi connectivity index (χ1n) is 11.3. The van der Waals surface area contributed by atoms with Crippen LogP contribution in [0, 0.1) is 5.82 Å². The summed E-state index contributed by atoms with van der Waals surface area (Å²) in [6.45, 7) is 1.52. The molecule has 1 aliphatic carbocycles. The molecule has 6 nitrogen and oxygen atoms in total. The third-order valence-corrected chi connectivity index (χ3v) is 6.36. The van der Waals surface area contributed by atoms with E-state index in [0.717, 1.165) is 29.8 Å². The maximum absolute atomic E-state index is 13.6. The van der Waals surface area contributed by atoms with E-state index in [-0.39, 0.29) is 17.8 Å². The van der Waals surface area contributed by atoms with Gasteiger partial charge in [0.15, 0.2) is 0 Å². The van der Waals surface area contributed by atoms with Crippen molar-refractivity contribution in [1.29, 1.82) is 0 Å². The highest BCUT2D eigenvalue weighted by atomic mass is 19.1. The lowest BCUT2D eigenvalue weighted by Gasteiger charge is -2.33. The summed E-state index contributed by atoms with van der Waals surface area (Å²) in [5.74, 6) is -0.175. The number of nitrogens with one attached hydrogen (secondary N) is 1. The van der Waals surface area contributed by atoms with E-state index < -0.39 is 0 Å². The quantitative estimate of drug-likeness (QED) is 0.658. The van der Waals surface area contributed by atoms with Crippen molar-refractivity contribution >= 4 is 5.91 Å². The number of aromatic nitrogens is 3. The van der Waals surface area contributed by atoms with E-state index in [9.17, 15) is 9.18 Å². The second-order valence-corrected chi connectivity index (χ2v) is 8.49. The third kappa shape index (κ3) is 4.43. The van der Waals surface area contributed by atoms with Gasteiger partial charge in [-0.1, -0.05) is 18.2 Å². The number of rotatable bonds is 5. The summed E-state index contributed by atoms with van der Waals surface area (Å²) in [6, 6.07) is 12.0. The van der Waals surface area contributed by atoms with Crippen LogP contribution in [0.25, 0.3) is 11.3 Å². The Morgan fingerprint density at radius 3 is 2.97 bits per heavy atom. The van der Waals surface area contributed by atoms with Crippen LogP contribution in [0.2, 0.25) is 0 Å². The fourth-order valence-electron chi connectivity index (χ4n) is 4.63. The molecule has 1 N–H and O–H groups in total. The maximum atomic E-state index is 13.6. The lowest BCUT2D eigenvalue weighted by molar-refractivity contribution is -0.139. The Labute approximate surface area is 186 Å². The lowest BCUT2D eigenvalue weighted by atomic mass is 9.94. The Bertz CT molecular complexity index is 1110. The number of pyridine rings is 1. The second kappa shape index (κ2) is 9.20. The number of carbonyl (C=O) groups is 1. The minimum atomic E-state index is -0.293. The number of aromatic amines is 1. The lowest BCUT2D eigenvalue weighted by Crippen LogP contribution is -2.42. The SMILES string of the molecule is O=C(CCc1n[nH]c2c1CCCC2)N1CCO[C@@H](c2cccc(-c3cccc(F)c3)n2)C1. The number of nitrogens with zero attached hydrogens (tertiary/aromatic N) is 3. The van der Waals surface area contributed by atoms with Gasteiger partial charge in [-0.15, -0.1) is 0 Å². The van der Waals surface area contributed by atoms with Gasteiger partial charge >= 0.3 is 0 Å². The molecule has 0 spiro atoms. The van der Waals surface area contributed by atoms with Crippen LogP contribution in [0.15, 0.2) is 42.5 Å². The van der Waals surface area contributed by atoms with Crippen LogP contribution in [-0.4, -0.2) is 45.7 Å². The Kier molecular flexibility index (Phi) is 5.99. The van der Waals surface area contributed by atoms with E-state index in [1.807, 2.05) is 29.2 Å². The smallest absolute Gasteiger partial charge is 0.223 e. The molecule has 0 bridgehead atoms. The second-order valence-electron chi connectivity index (χ2n) is 8.49. The molecule has 3 heterocycles. The summed E-state index contributed by atoms with van der Waals surface area (Å²) < 4.78 is 19.5. The summed E-state index contributed by atoms with van der Waals surface area (Å²) in [7, 11) is 0. The normalized spacial score (nSPS) is 18.4. The van der Waals surface area contributed by atoms with Crippen LogP contribution < -0.4 is 0 Å². The molecule has 32 heavy (non-hydrogen) atoms.